The van der Waals surface area contributed by atoms with Crippen LogP contribution in [0.2, 0.25) is 0 Å². The number of ether oxygens (including phenoxy) is 1. The highest BCUT2D eigenvalue weighted by Gasteiger charge is 2.28. The third-order valence-corrected chi connectivity index (χ3v) is 4.57. The van der Waals surface area contributed by atoms with Gasteiger partial charge in [0, 0.05) is 28.8 Å². The van der Waals surface area contributed by atoms with E-state index in [9.17, 15) is 0 Å². The van der Waals surface area contributed by atoms with Crippen LogP contribution in [0.5, 0.6) is 5.75 Å². The number of rotatable bonds is 4. The molecule has 0 radical (unpaired) electrons. The van der Waals surface area contributed by atoms with E-state index in [4.69, 9.17) is 10.5 Å². The molecule has 0 aliphatic carbocycles. The Balaban J connectivity index is 2.02. The number of halogens is 1. The van der Waals surface area contributed by atoms with E-state index >= 15 is 0 Å². The van der Waals surface area contributed by atoms with Gasteiger partial charge < -0.3 is 15.4 Å². The first kappa shape index (κ1) is 14.4. The van der Waals surface area contributed by atoms with Crippen molar-refractivity contribution in [2.45, 2.75) is 12.5 Å². The van der Waals surface area contributed by atoms with Gasteiger partial charge in [-0.2, -0.15) is 0 Å². The van der Waals surface area contributed by atoms with Gasteiger partial charge in [-0.15, -0.1) is 0 Å². The molecule has 0 spiro atoms. The number of nitrogens with two attached hydrogens (primary N) is 1. The second kappa shape index (κ2) is 6.08. The zero-order valence-electron chi connectivity index (χ0n) is 12.1. The van der Waals surface area contributed by atoms with E-state index in [0.29, 0.717) is 6.54 Å². The van der Waals surface area contributed by atoms with Gasteiger partial charge in [0.15, 0.2) is 0 Å². The molecule has 0 aromatic heterocycles. The van der Waals surface area contributed by atoms with Crippen LogP contribution in [-0.4, -0.2) is 20.2 Å². The monoisotopic (exact) mass is 346 g/mol. The Bertz CT molecular complexity index is 644. The van der Waals surface area contributed by atoms with Gasteiger partial charge in [0.1, 0.15) is 5.75 Å². The van der Waals surface area contributed by atoms with Gasteiger partial charge in [-0.25, -0.2) is 0 Å². The van der Waals surface area contributed by atoms with Crippen molar-refractivity contribution >= 4 is 21.6 Å². The Hall–Kier alpha value is -1.52. The average Bonchev–Trinajstić information content (AvgIpc) is 2.93. The predicted molar refractivity (Wildman–Crippen MR) is 90.0 cm³/mol. The quantitative estimate of drug-likeness (QED) is 0.920. The second-order valence-electron chi connectivity index (χ2n) is 5.21. The zero-order chi connectivity index (χ0) is 14.8. The van der Waals surface area contributed by atoms with Crippen LogP contribution in [0.4, 0.5) is 5.69 Å². The van der Waals surface area contributed by atoms with E-state index in [2.05, 4.69) is 51.2 Å². The van der Waals surface area contributed by atoms with Gasteiger partial charge >= 0.3 is 0 Å². The summed E-state index contributed by atoms with van der Waals surface area (Å²) in [6.07, 6.45) is 1.07. The molecule has 4 heteroatoms. The lowest BCUT2D eigenvalue weighted by molar-refractivity contribution is 0.404. The van der Waals surface area contributed by atoms with Crippen LogP contribution in [0.15, 0.2) is 46.9 Å². The number of nitrogens with zero attached hydrogens (tertiary/aromatic N) is 1. The number of hydrogen-bond acceptors (Lipinski definition) is 3. The van der Waals surface area contributed by atoms with Gasteiger partial charge in [-0.3, -0.25) is 0 Å². The highest BCUT2D eigenvalue weighted by Crippen LogP contribution is 2.38. The molecule has 3 rings (SSSR count). The Morgan fingerprint density at radius 3 is 2.86 bits per heavy atom. The molecule has 3 nitrogen and oxygen atoms in total. The topological polar surface area (TPSA) is 38.5 Å². The van der Waals surface area contributed by atoms with Crippen molar-refractivity contribution in [2.75, 3.05) is 25.1 Å². The summed E-state index contributed by atoms with van der Waals surface area (Å²) in [6.45, 7) is 1.55. The van der Waals surface area contributed by atoms with Crippen LogP contribution >= 0.6 is 15.9 Å². The van der Waals surface area contributed by atoms with Gasteiger partial charge in [0.25, 0.3) is 0 Å². The van der Waals surface area contributed by atoms with Gasteiger partial charge in [-0.1, -0.05) is 34.1 Å². The number of hydrogen-bond donors (Lipinski definition) is 1. The molecule has 1 aliphatic rings. The van der Waals surface area contributed by atoms with Crippen molar-refractivity contribution in [1.29, 1.82) is 0 Å². The van der Waals surface area contributed by atoms with Crippen molar-refractivity contribution in [3.63, 3.8) is 0 Å². The summed E-state index contributed by atoms with van der Waals surface area (Å²) >= 11 is 3.55. The summed E-state index contributed by atoms with van der Waals surface area (Å²) in [6, 6.07) is 14.8. The number of para-hydroxylation sites is 1. The maximum absolute atomic E-state index is 6.10. The lowest BCUT2D eigenvalue weighted by atomic mass is 10.0. The molecule has 1 heterocycles. The van der Waals surface area contributed by atoms with Gasteiger partial charge in [-0.05, 0) is 36.2 Å². The standard InChI is InChI=1S/C17H19BrN2O/c1-21-17-7-6-13(18)10-14(17)16(11-19)20-9-8-12-4-2-3-5-15(12)20/h2-7,10,16H,8-9,11,19H2,1H3. The smallest absolute Gasteiger partial charge is 0.124 e. The Labute approximate surface area is 133 Å². The predicted octanol–water partition coefficient (Wildman–Crippen LogP) is 3.52. The molecule has 1 atom stereocenters. The van der Waals surface area contributed by atoms with Gasteiger partial charge in [0.05, 0.1) is 13.2 Å². The normalized spacial score (nSPS) is 14.9. The summed E-state index contributed by atoms with van der Waals surface area (Å²) in [5.74, 6) is 0.887. The third-order valence-electron chi connectivity index (χ3n) is 4.07. The fourth-order valence-corrected chi connectivity index (χ4v) is 3.45. The minimum Gasteiger partial charge on any atom is -0.496 e. The van der Waals surface area contributed by atoms with Crippen molar-refractivity contribution in [2.24, 2.45) is 5.73 Å². The van der Waals surface area contributed by atoms with E-state index in [1.54, 1.807) is 7.11 Å². The first-order valence-corrected chi connectivity index (χ1v) is 7.92. The summed E-state index contributed by atoms with van der Waals surface area (Å²) in [4.78, 5) is 2.39. The summed E-state index contributed by atoms with van der Waals surface area (Å²) in [5, 5.41) is 0. The molecule has 0 saturated carbocycles. The van der Waals surface area contributed by atoms with Crippen LogP contribution < -0.4 is 15.4 Å². The maximum Gasteiger partial charge on any atom is 0.124 e. The summed E-state index contributed by atoms with van der Waals surface area (Å²) in [7, 11) is 1.71. The van der Waals surface area contributed by atoms with Crippen molar-refractivity contribution in [3.05, 3.63) is 58.1 Å². The minimum atomic E-state index is 0.126. The minimum absolute atomic E-state index is 0.126. The maximum atomic E-state index is 6.10. The van der Waals surface area contributed by atoms with Crippen molar-refractivity contribution in [1.82, 2.24) is 0 Å². The lowest BCUT2D eigenvalue weighted by Gasteiger charge is -2.31. The fourth-order valence-electron chi connectivity index (χ4n) is 3.08. The second-order valence-corrected chi connectivity index (χ2v) is 6.13. The molecular weight excluding hydrogens is 328 g/mol. The molecule has 0 fully saturated rings. The molecule has 0 bridgehead atoms. The van der Waals surface area contributed by atoms with E-state index in [-0.39, 0.29) is 6.04 Å². The molecule has 2 aromatic carbocycles. The molecule has 1 aliphatic heterocycles. The number of methoxy groups -OCH3 is 1. The molecule has 1 unspecified atom stereocenters. The first-order chi connectivity index (χ1) is 10.2. The zero-order valence-corrected chi connectivity index (χ0v) is 13.6. The lowest BCUT2D eigenvalue weighted by Crippen LogP contribution is -2.32. The average molecular weight is 347 g/mol. The molecule has 0 amide bonds. The van der Waals surface area contributed by atoms with Crippen LogP contribution in [0, 0.1) is 0 Å². The Morgan fingerprint density at radius 1 is 1.29 bits per heavy atom. The van der Waals surface area contributed by atoms with E-state index in [1.165, 1.54) is 11.3 Å². The number of fused-ring (bicyclic) bond motifs is 1. The largest absolute Gasteiger partial charge is 0.496 e. The highest BCUT2D eigenvalue weighted by molar-refractivity contribution is 9.10. The first-order valence-electron chi connectivity index (χ1n) is 7.12. The van der Waals surface area contributed by atoms with E-state index < -0.39 is 0 Å². The molecule has 2 N–H and O–H groups in total. The number of benzene rings is 2. The van der Waals surface area contributed by atoms with Crippen LogP contribution in [0.25, 0.3) is 0 Å². The van der Waals surface area contributed by atoms with E-state index in [0.717, 1.165) is 28.8 Å². The SMILES string of the molecule is COc1ccc(Br)cc1C(CN)N1CCc2ccccc21. The summed E-state index contributed by atoms with van der Waals surface area (Å²) < 4.78 is 6.57. The molecule has 110 valence electrons. The fraction of sp³-hybridized carbons (Fsp3) is 0.294. The van der Waals surface area contributed by atoms with Crippen LogP contribution in [0.1, 0.15) is 17.2 Å². The molecular formula is C17H19BrN2O. The molecule has 2 aromatic rings. The van der Waals surface area contributed by atoms with Gasteiger partial charge in [0.2, 0.25) is 0 Å². The Morgan fingerprint density at radius 2 is 2.10 bits per heavy atom. The van der Waals surface area contributed by atoms with Crippen LogP contribution in [0.3, 0.4) is 0 Å². The van der Waals surface area contributed by atoms with E-state index in [1.807, 2.05) is 12.1 Å². The van der Waals surface area contributed by atoms with Crippen molar-refractivity contribution < 1.29 is 4.74 Å². The summed E-state index contributed by atoms with van der Waals surface area (Å²) in [5.41, 5.74) is 9.91. The van der Waals surface area contributed by atoms with Crippen molar-refractivity contribution in [3.8, 4) is 5.75 Å². The molecule has 21 heavy (non-hydrogen) atoms. The Kier molecular flexibility index (Phi) is 4.17. The third kappa shape index (κ3) is 2.65. The molecule has 0 saturated heterocycles. The highest BCUT2D eigenvalue weighted by atomic mass is 79.9. The number of anilines is 1. The van der Waals surface area contributed by atoms with Crippen LogP contribution in [-0.2, 0) is 6.42 Å².